The van der Waals surface area contributed by atoms with E-state index in [1.165, 1.54) is 24.1 Å². The van der Waals surface area contributed by atoms with E-state index in [0.29, 0.717) is 13.4 Å². The maximum Gasteiger partial charge on any atom is 0.231 e. The SMILES string of the molecule is C[C@@H]1c2ncc(COCC3CC3)n2CCN1Cc1ccc2c(c1)OCO2. The zero-order valence-corrected chi connectivity index (χ0v) is 15.2. The number of fused-ring (bicyclic) bond motifs is 2. The third-order valence-electron chi connectivity index (χ3n) is 5.62. The van der Waals surface area contributed by atoms with Crippen molar-refractivity contribution in [1.82, 2.24) is 14.5 Å². The standard InChI is InChI=1S/C20H25N3O3/c1-14-20-21-9-17(12-24-11-15-2-3-15)23(20)7-6-22(14)10-16-4-5-18-19(8-16)26-13-25-18/h4-5,8-9,14-15H,2-3,6-7,10-13H2,1H3/t14-/m1/s1. The van der Waals surface area contributed by atoms with E-state index >= 15 is 0 Å². The molecule has 6 heteroatoms. The summed E-state index contributed by atoms with van der Waals surface area (Å²) in [5.41, 5.74) is 2.45. The van der Waals surface area contributed by atoms with E-state index in [0.717, 1.165) is 49.5 Å². The second-order valence-electron chi connectivity index (χ2n) is 7.55. The van der Waals surface area contributed by atoms with Gasteiger partial charge in [0.15, 0.2) is 11.5 Å². The fraction of sp³-hybridized carbons (Fsp3) is 0.550. The number of imidazole rings is 1. The van der Waals surface area contributed by atoms with Crippen molar-refractivity contribution in [2.24, 2.45) is 5.92 Å². The molecule has 6 nitrogen and oxygen atoms in total. The van der Waals surface area contributed by atoms with Gasteiger partial charge < -0.3 is 18.8 Å². The number of hydrogen-bond donors (Lipinski definition) is 0. The van der Waals surface area contributed by atoms with Crippen molar-refractivity contribution in [1.29, 1.82) is 0 Å². The number of rotatable bonds is 6. The summed E-state index contributed by atoms with van der Waals surface area (Å²) in [6, 6.07) is 6.50. The normalized spacial score (nSPS) is 21.8. The van der Waals surface area contributed by atoms with Gasteiger partial charge in [-0.15, -0.1) is 0 Å². The average Bonchev–Trinajstić information content (AvgIpc) is 3.19. The van der Waals surface area contributed by atoms with E-state index in [9.17, 15) is 0 Å². The van der Waals surface area contributed by atoms with Crippen LogP contribution < -0.4 is 9.47 Å². The van der Waals surface area contributed by atoms with Crippen LogP contribution in [0.1, 0.15) is 42.9 Å². The zero-order valence-electron chi connectivity index (χ0n) is 15.2. The Hall–Kier alpha value is -2.05. The molecule has 0 bridgehead atoms. The molecule has 138 valence electrons. The number of nitrogens with zero attached hydrogens (tertiary/aromatic N) is 3. The lowest BCUT2D eigenvalue weighted by atomic mass is 10.1. The van der Waals surface area contributed by atoms with Crippen LogP contribution in [0, 0.1) is 5.92 Å². The van der Waals surface area contributed by atoms with Crippen LogP contribution in [-0.2, 0) is 24.4 Å². The molecule has 0 amide bonds. The summed E-state index contributed by atoms with van der Waals surface area (Å²) in [4.78, 5) is 7.16. The van der Waals surface area contributed by atoms with E-state index < -0.39 is 0 Å². The van der Waals surface area contributed by atoms with E-state index in [-0.39, 0.29) is 6.04 Å². The van der Waals surface area contributed by atoms with Gasteiger partial charge in [0.25, 0.3) is 0 Å². The lowest BCUT2D eigenvalue weighted by molar-refractivity contribution is 0.101. The van der Waals surface area contributed by atoms with Crippen LogP contribution in [0.25, 0.3) is 0 Å². The molecule has 0 unspecified atom stereocenters. The van der Waals surface area contributed by atoms with Gasteiger partial charge in [0.05, 0.1) is 24.5 Å². The molecular weight excluding hydrogens is 330 g/mol. The summed E-state index contributed by atoms with van der Waals surface area (Å²) < 4.78 is 19.1. The first-order valence-electron chi connectivity index (χ1n) is 9.52. The highest BCUT2D eigenvalue weighted by atomic mass is 16.7. The molecule has 0 N–H and O–H groups in total. The lowest BCUT2D eigenvalue weighted by Crippen LogP contribution is -2.37. The molecule has 26 heavy (non-hydrogen) atoms. The van der Waals surface area contributed by atoms with Gasteiger partial charge in [0.2, 0.25) is 6.79 Å². The fourth-order valence-electron chi connectivity index (χ4n) is 3.82. The average molecular weight is 355 g/mol. The molecule has 0 radical (unpaired) electrons. The summed E-state index contributed by atoms with van der Waals surface area (Å²) >= 11 is 0. The molecule has 3 heterocycles. The van der Waals surface area contributed by atoms with Gasteiger partial charge in [-0.25, -0.2) is 4.98 Å². The van der Waals surface area contributed by atoms with E-state index in [4.69, 9.17) is 19.2 Å². The number of aromatic nitrogens is 2. The van der Waals surface area contributed by atoms with Crippen molar-refractivity contribution < 1.29 is 14.2 Å². The van der Waals surface area contributed by atoms with Gasteiger partial charge in [-0.05, 0) is 43.4 Å². The predicted molar refractivity (Wildman–Crippen MR) is 96.0 cm³/mol. The van der Waals surface area contributed by atoms with Gasteiger partial charge in [0, 0.05) is 26.2 Å². The van der Waals surface area contributed by atoms with Crippen LogP contribution in [0.15, 0.2) is 24.4 Å². The van der Waals surface area contributed by atoms with Crippen LogP contribution in [0.3, 0.4) is 0 Å². The molecule has 0 spiro atoms. The van der Waals surface area contributed by atoms with Crippen LogP contribution in [0.2, 0.25) is 0 Å². The number of hydrogen-bond acceptors (Lipinski definition) is 5. The third-order valence-corrected chi connectivity index (χ3v) is 5.62. The summed E-state index contributed by atoms with van der Waals surface area (Å²) in [7, 11) is 0. The summed E-state index contributed by atoms with van der Waals surface area (Å²) in [5, 5.41) is 0. The van der Waals surface area contributed by atoms with Crippen molar-refractivity contribution in [3.05, 3.63) is 41.5 Å². The van der Waals surface area contributed by atoms with Gasteiger partial charge in [-0.1, -0.05) is 6.07 Å². The molecule has 1 aromatic heterocycles. The molecule has 5 rings (SSSR count). The molecule has 1 atom stereocenters. The monoisotopic (exact) mass is 355 g/mol. The van der Waals surface area contributed by atoms with Crippen molar-refractivity contribution in [3.8, 4) is 11.5 Å². The van der Waals surface area contributed by atoms with Crippen LogP contribution in [-0.4, -0.2) is 34.4 Å². The molecule has 1 aromatic carbocycles. The van der Waals surface area contributed by atoms with Gasteiger partial charge in [0.1, 0.15) is 5.82 Å². The third kappa shape index (κ3) is 3.08. The summed E-state index contributed by atoms with van der Waals surface area (Å²) in [6.45, 7) is 6.99. The second-order valence-corrected chi connectivity index (χ2v) is 7.55. The molecule has 3 aliphatic rings. The highest BCUT2D eigenvalue weighted by Gasteiger charge is 2.28. The highest BCUT2D eigenvalue weighted by molar-refractivity contribution is 5.44. The Morgan fingerprint density at radius 1 is 1.19 bits per heavy atom. The van der Waals surface area contributed by atoms with E-state index in [1.807, 2.05) is 12.3 Å². The second kappa shape index (κ2) is 6.59. The molecule has 1 aliphatic carbocycles. The van der Waals surface area contributed by atoms with Crippen molar-refractivity contribution in [2.75, 3.05) is 19.9 Å². The highest BCUT2D eigenvalue weighted by Crippen LogP contribution is 2.34. The number of benzene rings is 1. The van der Waals surface area contributed by atoms with E-state index in [2.05, 4.69) is 28.5 Å². The predicted octanol–water partition coefficient (Wildman–Crippen LogP) is 3.12. The summed E-state index contributed by atoms with van der Waals surface area (Å²) in [6.07, 6.45) is 4.65. The van der Waals surface area contributed by atoms with Crippen molar-refractivity contribution in [3.63, 3.8) is 0 Å². The summed E-state index contributed by atoms with van der Waals surface area (Å²) in [5.74, 6) is 3.63. The Bertz CT molecular complexity index is 800. The minimum absolute atomic E-state index is 0.284. The van der Waals surface area contributed by atoms with Crippen LogP contribution >= 0.6 is 0 Å². The van der Waals surface area contributed by atoms with Crippen molar-refractivity contribution >= 4 is 0 Å². The van der Waals surface area contributed by atoms with Crippen LogP contribution in [0.5, 0.6) is 11.5 Å². The largest absolute Gasteiger partial charge is 0.454 e. The Kier molecular flexibility index (Phi) is 4.10. The Morgan fingerprint density at radius 3 is 2.96 bits per heavy atom. The molecular formula is C20H25N3O3. The van der Waals surface area contributed by atoms with Crippen molar-refractivity contribution in [2.45, 2.75) is 45.5 Å². The molecule has 2 aliphatic heterocycles. The van der Waals surface area contributed by atoms with Crippen LogP contribution in [0.4, 0.5) is 0 Å². The topological polar surface area (TPSA) is 48.8 Å². The maximum atomic E-state index is 5.87. The Labute approximate surface area is 153 Å². The first-order chi connectivity index (χ1) is 12.8. The zero-order chi connectivity index (χ0) is 17.5. The minimum atomic E-state index is 0.284. The lowest BCUT2D eigenvalue weighted by Gasteiger charge is -2.34. The van der Waals surface area contributed by atoms with Gasteiger partial charge in [-0.2, -0.15) is 0 Å². The maximum absolute atomic E-state index is 5.87. The molecule has 1 saturated carbocycles. The molecule has 0 saturated heterocycles. The minimum Gasteiger partial charge on any atom is -0.454 e. The Balaban J connectivity index is 1.26. The van der Waals surface area contributed by atoms with Gasteiger partial charge >= 0.3 is 0 Å². The first kappa shape index (κ1) is 16.1. The smallest absolute Gasteiger partial charge is 0.231 e. The molecule has 2 aromatic rings. The first-order valence-corrected chi connectivity index (χ1v) is 9.52. The fourth-order valence-corrected chi connectivity index (χ4v) is 3.82. The Morgan fingerprint density at radius 2 is 2.08 bits per heavy atom. The molecule has 1 fully saturated rings. The number of ether oxygens (including phenoxy) is 3. The van der Waals surface area contributed by atoms with E-state index in [1.54, 1.807) is 0 Å². The van der Waals surface area contributed by atoms with Gasteiger partial charge in [-0.3, -0.25) is 4.90 Å². The quantitative estimate of drug-likeness (QED) is 0.797.